The third-order valence-corrected chi connectivity index (χ3v) is 4.11. The molecule has 1 unspecified atom stereocenters. The molecule has 1 aromatic heterocycles. The average Bonchev–Trinajstić information content (AvgIpc) is 2.63. The van der Waals surface area contributed by atoms with Gasteiger partial charge >= 0.3 is 6.16 Å². The van der Waals surface area contributed by atoms with E-state index in [2.05, 4.69) is 10.3 Å². The Hall–Kier alpha value is -3.62. The zero-order valence-corrected chi connectivity index (χ0v) is 14.6. The Bertz CT molecular complexity index is 995. The van der Waals surface area contributed by atoms with Gasteiger partial charge in [0.15, 0.2) is 0 Å². The maximum atomic E-state index is 12.5. The van der Waals surface area contributed by atoms with Gasteiger partial charge in [0, 0.05) is 24.0 Å². The van der Waals surface area contributed by atoms with Crippen LogP contribution in [0.1, 0.15) is 30.9 Å². The fraction of sp³-hybridized carbons (Fsp3) is 0.222. The van der Waals surface area contributed by atoms with Gasteiger partial charge < -0.3 is 19.8 Å². The van der Waals surface area contributed by atoms with Crippen molar-refractivity contribution in [1.82, 2.24) is 4.98 Å². The lowest BCUT2D eigenvalue weighted by Gasteiger charge is -2.29. The summed E-state index contributed by atoms with van der Waals surface area (Å²) < 4.78 is 10.2. The number of carbonyl (C=O) groups excluding carboxylic acids is 1. The highest BCUT2D eigenvalue weighted by molar-refractivity contribution is 5.68. The Morgan fingerprint density at radius 2 is 2.11 bits per heavy atom. The van der Waals surface area contributed by atoms with Gasteiger partial charge in [-0.2, -0.15) is 0 Å². The van der Waals surface area contributed by atoms with Gasteiger partial charge in [-0.1, -0.05) is 12.1 Å². The van der Waals surface area contributed by atoms with E-state index in [0.29, 0.717) is 22.5 Å². The largest absolute Gasteiger partial charge is 0.513 e. The number of ether oxygens (including phenoxy) is 2. The van der Waals surface area contributed by atoms with Gasteiger partial charge in [0.25, 0.3) is 11.2 Å². The second-order valence-corrected chi connectivity index (χ2v) is 5.82. The molecule has 0 aliphatic carbocycles. The smallest absolute Gasteiger partial charge is 0.434 e. The highest BCUT2D eigenvalue weighted by Gasteiger charge is 2.34. The number of nitrogens with zero attached hydrogens (tertiary/aromatic N) is 1. The predicted molar refractivity (Wildman–Crippen MR) is 96.4 cm³/mol. The number of hydrogen-bond acceptors (Lipinski definition) is 7. The van der Waals surface area contributed by atoms with E-state index in [1.165, 1.54) is 24.4 Å². The fourth-order valence-electron chi connectivity index (χ4n) is 3.01. The summed E-state index contributed by atoms with van der Waals surface area (Å²) in [5.74, 6) is -0.659. The van der Waals surface area contributed by atoms with Gasteiger partial charge in [-0.05, 0) is 25.5 Å². The molecule has 1 aromatic carbocycles. The van der Waals surface area contributed by atoms with Crippen LogP contribution in [0.3, 0.4) is 0 Å². The lowest BCUT2D eigenvalue weighted by atomic mass is 9.86. The second-order valence-electron chi connectivity index (χ2n) is 5.82. The Labute approximate surface area is 153 Å². The molecule has 0 fully saturated rings. The number of hydrogen-bond donors (Lipinski definition) is 2. The minimum absolute atomic E-state index is 0.122. The number of aromatic amines is 1. The molecule has 1 atom stereocenters. The Morgan fingerprint density at radius 3 is 2.81 bits per heavy atom. The summed E-state index contributed by atoms with van der Waals surface area (Å²) >= 11 is 0. The summed E-state index contributed by atoms with van der Waals surface area (Å²) in [7, 11) is 0. The van der Waals surface area contributed by atoms with Crippen LogP contribution < -0.4 is 10.9 Å². The van der Waals surface area contributed by atoms with E-state index in [1.54, 1.807) is 26.0 Å². The predicted octanol–water partition coefficient (Wildman–Crippen LogP) is 3.25. The molecule has 0 bridgehead atoms. The summed E-state index contributed by atoms with van der Waals surface area (Å²) in [5, 5.41) is 14.2. The minimum Gasteiger partial charge on any atom is -0.434 e. The lowest BCUT2D eigenvalue weighted by Crippen LogP contribution is -2.28. The molecule has 0 saturated heterocycles. The molecule has 0 amide bonds. The monoisotopic (exact) mass is 371 g/mol. The molecule has 0 radical (unpaired) electrons. The highest BCUT2D eigenvalue weighted by Crippen LogP contribution is 2.41. The number of non-ortho nitro benzene ring substituents is 1. The first-order valence-corrected chi connectivity index (χ1v) is 8.20. The maximum absolute atomic E-state index is 12.5. The Morgan fingerprint density at radius 1 is 1.33 bits per heavy atom. The van der Waals surface area contributed by atoms with Crippen molar-refractivity contribution in [3.8, 4) is 0 Å². The summed E-state index contributed by atoms with van der Waals surface area (Å²) in [6.45, 7) is 3.44. The van der Waals surface area contributed by atoms with Crippen molar-refractivity contribution in [2.24, 2.45) is 0 Å². The molecule has 27 heavy (non-hydrogen) atoms. The van der Waals surface area contributed by atoms with Crippen LogP contribution in [-0.2, 0) is 9.47 Å². The number of nitrogens with one attached hydrogen (secondary N) is 2. The molecule has 2 heterocycles. The van der Waals surface area contributed by atoms with Crippen molar-refractivity contribution >= 4 is 17.5 Å². The van der Waals surface area contributed by atoms with Gasteiger partial charge in [-0.15, -0.1) is 0 Å². The number of benzene rings is 1. The summed E-state index contributed by atoms with van der Waals surface area (Å²) in [6.07, 6.45) is 0.572. The molecule has 3 rings (SSSR count). The Kier molecular flexibility index (Phi) is 4.93. The van der Waals surface area contributed by atoms with Crippen LogP contribution in [0.25, 0.3) is 0 Å². The van der Waals surface area contributed by atoms with Crippen molar-refractivity contribution in [3.05, 3.63) is 79.6 Å². The third kappa shape index (κ3) is 3.52. The van der Waals surface area contributed by atoms with Crippen LogP contribution in [-0.4, -0.2) is 22.7 Å². The number of aromatic nitrogens is 1. The number of pyridine rings is 1. The van der Waals surface area contributed by atoms with Crippen LogP contribution in [0.5, 0.6) is 0 Å². The number of H-pyrrole nitrogens is 1. The van der Waals surface area contributed by atoms with Crippen molar-refractivity contribution in [1.29, 1.82) is 0 Å². The first kappa shape index (κ1) is 18.2. The molecule has 2 N–H and O–H groups in total. The number of rotatable bonds is 4. The zero-order chi connectivity index (χ0) is 19.6. The Balaban J connectivity index is 2.18. The summed E-state index contributed by atoms with van der Waals surface area (Å²) in [5.41, 5.74) is 1.24. The quantitative estimate of drug-likeness (QED) is 0.480. The van der Waals surface area contributed by atoms with E-state index in [1.807, 2.05) is 0 Å². The number of allylic oxidation sites excluding steroid dienone is 2. The first-order valence-electron chi connectivity index (χ1n) is 8.20. The van der Waals surface area contributed by atoms with Crippen LogP contribution in [0, 0.1) is 10.1 Å². The molecule has 9 nitrogen and oxygen atoms in total. The molecule has 2 aromatic rings. The standard InChI is InChI=1S/C18H17N3O6/c1-3-26-18(23)27-16-10(2)20-13-7-8-19-17(22)15(13)14(16)11-5-4-6-12(9-11)21(24)25/h4-9,14,20H,3H2,1-2H3,(H,19,22). The topological polar surface area (TPSA) is 124 Å². The summed E-state index contributed by atoms with van der Waals surface area (Å²) in [4.78, 5) is 37.6. The van der Waals surface area contributed by atoms with Crippen molar-refractivity contribution in [2.75, 3.05) is 11.9 Å². The van der Waals surface area contributed by atoms with E-state index in [-0.39, 0.29) is 18.1 Å². The van der Waals surface area contributed by atoms with Gasteiger partial charge in [-0.3, -0.25) is 14.9 Å². The molecule has 9 heteroatoms. The van der Waals surface area contributed by atoms with Gasteiger partial charge in [0.2, 0.25) is 0 Å². The van der Waals surface area contributed by atoms with E-state index in [4.69, 9.17) is 9.47 Å². The SMILES string of the molecule is CCOC(=O)OC1=C(C)Nc2cc[nH]c(=O)c2C1c1cccc([N+](=O)[O-])c1. The molecule has 140 valence electrons. The third-order valence-electron chi connectivity index (χ3n) is 4.11. The van der Waals surface area contributed by atoms with E-state index >= 15 is 0 Å². The van der Waals surface area contributed by atoms with E-state index in [0.717, 1.165) is 0 Å². The number of fused-ring (bicyclic) bond motifs is 1. The van der Waals surface area contributed by atoms with Crippen LogP contribution in [0.2, 0.25) is 0 Å². The van der Waals surface area contributed by atoms with Crippen LogP contribution in [0.4, 0.5) is 16.2 Å². The lowest BCUT2D eigenvalue weighted by molar-refractivity contribution is -0.384. The van der Waals surface area contributed by atoms with Crippen LogP contribution >= 0.6 is 0 Å². The fourth-order valence-corrected chi connectivity index (χ4v) is 3.01. The molecular formula is C18H17N3O6. The number of carbonyl (C=O) groups is 1. The second kappa shape index (κ2) is 7.32. The van der Waals surface area contributed by atoms with Crippen molar-refractivity contribution in [2.45, 2.75) is 19.8 Å². The molecule has 1 aliphatic rings. The normalized spacial score (nSPS) is 15.6. The molecule has 1 aliphatic heterocycles. The van der Waals surface area contributed by atoms with E-state index in [9.17, 15) is 19.7 Å². The van der Waals surface area contributed by atoms with Gasteiger partial charge in [0.1, 0.15) is 5.76 Å². The number of nitro groups is 1. The number of nitro benzene ring substituents is 1. The maximum Gasteiger partial charge on any atom is 0.513 e. The molecule has 0 spiro atoms. The van der Waals surface area contributed by atoms with Crippen molar-refractivity contribution < 1.29 is 19.2 Å². The highest BCUT2D eigenvalue weighted by atomic mass is 16.7. The van der Waals surface area contributed by atoms with Crippen molar-refractivity contribution in [3.63, 3.8) is 0 Å². The first-order chi connectivity index (χ1) is 12.9. The molecule has 0 saturated carbocycles. The number of anilines is 1. The minimum atomic E-state index is -0.917. The van der Waals surface area contributed by atoms with E-state index < -0.39 is 22.6 Å². The molecular weight excluding hydrogens is 354 g/mol. The van der Waals surface area contributed by atoms with Gasteiger partial charge in [0.05, 0.1) is 28.7 Å². The zero-order valence-electron chi connectivity index (χ0n) is 14.6. The summed E-state index contributed by atoms with van der Waals surface area (Å²) in [6, 6.07) is 7.54. The average molecular weight is 371 g/mol. The van der Waals surface area contributed by atoms with Crippen LogP contribution in [0.15, 0.2) is 52.8 Å². The van der Waals surface area contributed by atoms with Gasteiger partial charge in [-0.25, -0.2) is 4.79 Å².